The maximum atomic E-state index is 11.6. The summed E-state index contributed by atoms with van der Waals surface area (Å²) in [6.45, 7) is 0. The summed E-state index contributed by atoms with van der Waals surface area (Å²) in [5, 5.41) is 0. The van der Waals surface area contributed by atoms with Gasteiger partial charge in [-0.2, -0.15) is 0 Å². The molecular formula is C11H11NO4. The van der Waals surface area contributed by atoms with Crippen LogP contribution in [0.2, 0.25) is 0 Å². The number of ketones is 1. The SMILES string of the molecule is COc1ccc2c(c1OC)N(C)C(=O)C2=O. The average molecular weight is 221 g/mol. The van der Waals surface area contributed by atoms with Gasteiger partial charge in [-0.05, 0) is 12.1 Å². The summed E-state index contributed by atoms with van der Waals surface area (Å²) < 4.78 is 10.3. The molecule has 0 spiro atoms. The number of nitrogens with zero attached hydrogens (tertiary/aromatic N) is 1. The Labute approximate surface area is 92.6 Å². The van der Waals surface area contributed by atoms with Gasteiger partial charge in [-0.3, -0.25) is 9.59 Å². The van der Waals surface area contributed by atoms with Gasteiger partial charge >= 0.3 is 0 Å². The lowest BCUT2D eigenvalue weighted by Gasteiger charge is -2.15. The summed E-state index contributed by atoms with van der Waals surface area (Å²) in [6.07, 6.45) is 0. The number of likely N-dealkylation sites (N-methyl/N-ethyl adjacent to an activating group) is 1. The van der Waals surface area contributed by atoms with Gasteiger partial charge in [0, 0.05) is 7.05 Å². The molecule has 1 heterocycles. The van der Waals surface area contributed by atoms with Crippen molar-refractivity contribution >= 4 is 17.4 Å². The number of ether oxygens (including phenoxy) is 2. The van der Waals surface area contributed by atoms with Crippen LogP contribution in [0.5, 0.6) is 11.5 Å². The van der Waals surface area contributed by atoms with Crippen molar-refractivity contribution < 1.29 is 19.1 Å². The topological polar surface area (TPSA) is 55.8 Å². The maximum absolute atomic E-state index is 11.6. The molecule has 0 N–H and O–H groups in total. The Morgan fingerprint density at radius 3 is 2.38 bits per heavy atom. The van der Waals surface area contributed by atoms with E-state index in [0.29, 0.717) is 22.7 Å². The van der Waals surface area contributed by atoms with Crippen LogP contribution in [0, 0.1) is 0 Å². The number of carbonyl (C=O) groups is 2. The Morgan fingerprint density at radius 2 is 1.81 bits per heavy atom. The highest BCUT2D eigenvalue weighted by Crippen LogP contribution is 2.43. The Bertz CT molecular complexity index is 481. The van der Waals surface area contributed by atoms with Crippen LogP contribution in [0.4, 0.5) is 5.69 Å². The first-order valence-electron chi connectivity index (χ1n) is 4.69. The molecule has 0 aliphatic carbocycles. The lowest BCUT2D eigenvalue weighted by atomic mass is 10.1. The van der Waals surface area contributed by atoms with E-state index in [1.165, 1.54) is 26.2 Å². The lowest BCUT2D eigenvalue weighted by molar-refractivity contribution is -0.114. The van der Waals surface area contributed by atoms with Gasteiger partial charge in [-0.25, -0.2) is 0 Å². The van der Waals surface area contributed by atoms with Crippen molar-refractivity contribution in [3.63, 3.8) is 0 Å². The zero-order valence-corrected chi connectivity index (χ0v) is 9.23. The van der Waals surface area contributed by atoms with Crippen molar-refractivity contribution in [1.82, 2.24) is 0 Å². The van der Waals surface area contributed by atoms with Gasteiger partial charge in [0.05, 0.1) is 19.8 Å². The molecule has 0 unspecified atom stereocenters. The number of carbonyl (C=O) groups excluding carboxylic acids is 2. The van der Waals surface area contributed by atoms with E-state index >= 15 is 0 Å². The largest absolute Gasteiger partial charge is 0.493 e. The molecule has 0 fully saturated rings. The lowest BCUT2D eigenvalue weighted by Crippen LogP contribution is -2.25. The summed E-state index contributed by atoms with van der Waals surface area (Å²) >= 11 is 0. The number of Topliss-reactive ketones (excluding diaryl/α,β-unsaturated/α-hetero) is 1. The highest BCUT2D eigenvalue weighted by Gasteiger charge is 2.37. The van der Waals surface area contributed by atoms with Crippen LogP contribution in [-0.2, 0) is 4.79 Å². The zero-order valence-electron chi connectivity index (χ0n) is 9.23. The number of hydrogen-bond acceptors (Lipinski definition) is 4. The molecule has 1 amide bonds. The molecule has 0 aromatic heterocycles. The number of benzene rings is 1. The molecule has 0 radical (unpaired) electrons. The van der Waals surface area contributed by atoms with Crippen LogP contribution in [0.15, 0.2) is 12.1 Å². The summed E-state index contributed by atoms with van der Waals surface area (Å²) in [6, 6.07) is 3.18. The molecule has 2 rings (SSSR count). The molecule has 0 bridgehead atoms. The van der Waals surface area contributed by atoms with Crippen molar-refractivity contribution in [2.45, 2.75) is 0 Å². The van der Waals surface area contributed by atoms with E-state index in [9.17, 15) is 9.59 Å². The van der Waals surface area contributed by atoms with E-state index in [1.807, 2.05) is 0 Å². The molecule has 0 saturated heterocycles. The Balaban J connectivity index is 2.71. The third-order valence-electron chi connectivity index (χ3n) is 2.60. The standard InChI is InChI=1S/C11H11NO4/c1-12-8-6(9(13)11(12)14)4-5-7(15-2)10(8)16-3/h4-5H,1-3H3. The Morgan fingerprint density at radius 1 is 1.12 bits per heavy atom. The second-order valence-corrected chi connectivity index (χ2v) is 3.39. The minimum Gasteiger partial charge on any atom is -0.493 e. The van der Waals surface area contributed by atoms with E-state index < -0.39 is 11.7 Å². The average Bonchev–Trinajstić information content (AvgIpc) is 2.53. The molecule has 5 heteroatoms. The van der Waals surface area contributed by atoms with E-state index in [2.05, 4.69) is 0 Å². The third kappa shape index (κ3) is 1.18. The molecule has 0 saturated carbocycles. The van der Waals surface area contributed by atoms with Crippen LogP contribution < -0.4 is 14.4 Å². The molecule has 16 heavy (non-hydrogen) atoms. The van der Waals surface area contributed by atoms with Crippen molar-refractivity contribution in [3.8, 4) is 11.5 Å². The Hall–Kier alpha value is -2.04. The first-order valence-corrected chi connectivity index (χ1v) is 4.69. The van der Waals surface area contributed by atoms with Crippen molar-refractivity contribution in [1.29, 1.82) is 0 Å². The van der Waals surface area contributed by atoms with E-state index in [4.69, 9.17) is 9.47 Å². The number of methoxy groups -OCH3 is 2. The van der Waals surface area contributed by atoms with E-state index in [1.54, 1.807) is 12.1 Å². The number of rotatable bonds is 2. The Kier molecular flexibility index (Phi) is 2.30. The van der Waals surface area contributed by atoms with Crippen LogP contribution >= 0.6 is 0 Å². The van der Waals surface area contributed by atoms with Gasteiger partial charge in [0.2, 0.25) is 0 Å². The normalized spacial score (nSPS) is 14.1. The number of hydrogen-bond donors (Lipinski definition) is 0. The van der Waals surface area contributed by atoms with Gasteiger partial charge in [0.1, 0.15) is 5.69 Å². The van der Waals surface area contributed by atoms with Crippen molar-refractivity contribution in [3.05, 3.63) is 17.7 Å². The number of anilines is 1. The van der Waals surface area contributed by atoms with Crippen LogP contribution in [-0.4, -0.2) is 33.0 Å². The van der Waals surface area contributed by atoms with Crippen molar-refractivity contribution in [2.24, 2.45) is 0 Å². The molecule has 5 nitrogen and oxygen atoms in total. The van der Waals surface area contributed by atoms with E-state index in [0.717, 1.165) is 0 Å². The van der Waals surface area contributed by atoms with Crippen molar-refractivity contribution in [2.75, 3.05) is 26.2 Å². The second-order valence-electron chi connectivity index (χ2n) is 3.39. The monoisotopic (exact) mass is 221 g/mol. The van der Waals surface area contributed by atoms with Crippen LogP contribution in [0.25, 0.3) is 0 Å². The molecular weight excluding hydrogens is 210 g/mol. The number of amides is 1. The maximum Gasteiger partial charge on any atom is 0.299 e. The fraction of sp³-hybridized carbons (Fsp3) is 0.273. The molecule has 84 valence electrons. The highest BCUT2D eigenvalue weighted by atomic mass is 16.5. The minimum atomic E-state index is -0.554. The molecule has 1 aliphatic heterocycles. The smallest absolute Gasteiger partial charge is 0.299 e. The summed E-state index contributed by atoms with van der Waals surface area (Å²) in [4.78, 5) is 24.4. The predicted octanol–water partition coefficient (Wildman–Crippen LogP) is 0.863. The molecule has 1 aromatic carbocycles. The fourth-order valence-corrected chi connectivity index (χ4v) is 1.80. The highest BCUT2D eigenvalue weighted by molar-refractivity contribution is 6.52. The number of fused-ring (bicyclic) bond motifs is 1. The molecule has 0 atom stereocenters. The molecule has 1 aliphatic rings. The van der Waals surface area contributed by atoms with Gasteiger partial charge < -0.3 is 14.4 Å². The summed E-state index contributed by atoms with van der Waals surface area (Å²) in [5.41, 5.74) is 0.821. The summed E-state index contributed by atoms with van der Waals surface area (Å²) in [7, 11) is 4.51. The third-order valence-corrected chi connectivity index (χ3v) is 2.60. The fourth-order valence-electron chi connectivity index (χ4n) is 1.80. The van der Waals surface area contributed by atoms with Gasteiger partial charge in [-0.15, -0.1) is 0 Å². The van der Waals surface area contributed by atoms with Crippen LogP contribution in [0.1, 0.15) is 10.4 Å². The summed E-state index contributed by atoms with van der Waals surface area (Å²) in [5.74, 6) is -0.169. The zero-order chi connectivity index (χ0) is 11.9. The van der Waals surface area contributed by atoms with Gasteiger partial charge in [0.15, 0.2) is 11.5 Å². The van der Waals surface area contributed by atoms with Gasteiger partial charge in [0.25, 0.3) is 11.7 Å². The van der Waals surface area contributed by atoms with E-state index in [-0.39, 0.29) is 0 Å². The quantitative estimate of drug-likeness (QED) is 0.695. The first kappa shape index (κ1) is 10.5. The predicted molar refractivity (Wildman–Crippen MR) is 57.3 cm³/mol. The molecule has 1 aromatic rings. The second kappa shape index (κ2) is 3.52. The van der Waals surface area contributed by atoms with Crippen LogP contribution in [0.3, 0.4) is 0 Å². The van der Waals surface area contributed by atoms with Gasteiger partial charge in [-0.1, -0.05) is 0 Å². The first-order chi connectivity index (χ1) is 7.61. The minimum absolute atomic E-state index is 0.352.